The molecule has 26 heavy (non-hydrogen) atoms. The van der Waals surface area contributed by atoms with Gasteiger partial charge in [0.15, 0.2) is 0 Å². The molecule has 1 aromatic carbocycles. The summed E-state index contributed by atoms with van der Waals surface area (Å²) in [6.45, 7) is 3.43. The largest absolute Gasteiger partial charge is 0.378 e. The highest BCUT2D eigenvalue weighted by Crippen LogP contribution is 2.18. The molecule has 0 saturated carbocycles. The number of anilines is 1. The van der Waals surface area contributed by atoms with Gasteiger partial charge in [0.05, 0.1) is 18.7 Å². The lowest BCUT2D eigenvalue weighted by molar-refractivity contribution is 0.0946. The zero-order valence-corrected chi connectivity index (χ0v) is 14.4. The van der Waals surface area contributed by atoms with Crippen molar-refractivity contribution in [3.8, 4) is 0 Å². The van der Waals surface area contributed by atoms with Crippen molar-refractivity contribution in [3.05, 3.63) is 66.0 Å². The van der Waals surface area contributed by atoms with Crippen LogP contribution < -0.4 is 10.2 Å². The van der Waals surface area contributed by atoms with Crippen LogP contribution in [0.5, 0.6) is 0 Å². The van der Waals surface area contributed by atoms with Crippen LogP contribution in [0, 0.1) is 0 Å². The van der Waals surface area contributed by atoms with Crippen LogP contribution in [0.2, 0.25) is 0 Å². The molecule has 0 unspecified atom stereocenters. The van der Waals surface area contributed by atoms with Crippen LogP contribution in [0.15, 0.2) is 54.7 Å². The molecule has 3 aromatic rings. The molecule has 0 bridgehead atoms. The van der Waals surface area contributed by atoms with Crippen molar-refractivity contribution in [2.75, 3.05) is 31.2 Å². The summed E-state index contributed by atoms with van der Waals surface area (Å²) in [7, 11) is 0. The van der Waals surface area contributed by atoms with E-state index in [0.717, 1.165) is 35.4 Å². The number of hydrogen-bond acceptors (Lipinski definition) is 5. The molecule has 1 amide bonds. The van der Waals surface area contributed by atoms with Crippen molar-refractivity contribution in [1.29, 1.82) is 0 Å². The van der Waals surface area contributed by atoms with Crippen molar-refractivity contribution >= 4 is 22.6 Å². The number of carbonyl (C=O) groups excluding carboxylic acids is 1. The van der Waals surface area contributed by atoms with E-state index in [0.29, 0.717) is 25.5 Å². The Labute approximate surface area is 151 Å². The molecule has 1 aliphatic heterocycles. The molecule has 2 aromatic heterocycles. The van der Waals surface area contributed by atoms with Crippen molar-refractivity contribution in [2.24, 2.45) is 0 Å². The quantitative estimate of drug-likeness (QED) is 0.784. The average molecular weight is 348 g/mol. The monoisotopic (exact) mass is 348 g/mol. The van der Waals surface area contributed by atoms with Gasteiger partial charge >= 0.3 is 0 Å². The number of amides is 1. The lowest BCUT2D eigenvalue weighted by atomic mass is 10.2. The molecule has 1 fully saturated rings. The number of aromatic nitrogens is 2. The zero-order valence-electron chi connectivity index (χ0n) is 14.4. The Morgan fingerprint density at radius 3 is 2.81 bits per heavy atom. The van der Waals surface area contributed by atoms with E-state index in [-0.39, 0.29) is 5.91 Å². The predicted octanol–water partition coefficient (Wildman–Crippen LogP) is 2.40. The molecule has 132 valence electrons. The third-order valence-corrected chi connectivity index (χ3v) is 4.45. The van der Waals surface area contributed by atoms with Crippen molar-refractivity contribution in [3.63, 3.8) is 0 Å². The van der Waals surface area contributed by atoms with Gasteiger partial charge in [-0.05, 0) is 18.2 Å². The highest BCUT2D eigenvalue weighted by Gasteiger charge is 2.16. The molecule has 6 nitrogen and oxygen atoms in total. The fourth-order valence-electron chi connectivity index (χ4n) is 3.09. The van der Waals surface area contributed by atoms with Crippen molar-refractivity contribution in [2.45, 2.75) is 6.54 Å². The van der Waals surface area contributed by atoms with Gasteiger partial charge in [-0.1, -0.05) is 30.3 Å². The molecule has 0 radical (unpaired) electrons. The molecule has 3 heterocycles. The van der Waals surface area contributed by atoms with E-state index in [1.807, 2.05) is 42.5 Å². The first-order valence-electron chi connectivity index (χ1n) is 8.72. The Morgan fingerprint density at radius 1 is 1.08 bits per heavy atom. The lowest BCUT2D eigenvalue weighted by Crippen LogP contribution is -2.37. The van der Waals surface area contributed by atoms with E-state index in [1.54, 1.807) is 12.3 Å². The third-order valence-electron chi connectivity index (χ3n) is 4.45. The van der Waals surface area contributed by atoms with Gasteiger partial charge in [-0.3, -0.25) is 4.79 Å². The molecule has 0 spiro atoms. The van der Waals surface area contributed by atoms with E-state index < -0.39 is 0 Å². The number of nitrogens with zero attached hydrogens (tertiary/aromatic N) is 3. The fourth-order valence-corrected chi connectivity index (χ4v) is 3.09. The summed E-state index contributed by atoms with van der Waals surface area (Å²) in [5.74, 6) is 0.718. The maximum Gasteiger partial charge on any atom is 0.270 e. The summed E-state index contributed by atoms with van der Waals surface area (Å²) in [6.07, 6.45) is 1.78. The number of ether oxygens (including phenoxy) is 1. The van der Waals surface area contributed by atoms with Crippen LogP contribution in [0.3, 0.4) is 0 Å². The normalized spacial score (nSPS) is 14.4. The number of benzene rings is 1. The topological polar surface area (TPSA) is 67.4 Å². The van der Waals surface area contributed by atoms with Crippen LogP contribution >= 0.6 is 0 Å². The number of fused-ring (bicyclic) bond motifs is 1. The van der Waals surface area contributed by atoms with Crippen molar-refractivity contribution in [1.82, 2.24) is 15.3 Å². The zero-order chi connectivity index (χ0) is 17.8. The molecule has 4 rings (SSSR count). The molecular formula is C20H20N4O2. The Balaban J connectivity index is 1.48. The first-order chi connectivity index (χ1) is 12.8. The van der Waals surface area contributed by atoms with Crippen LogP contribution in [-0.4, -0.2) is 42.2 Å². The van der Waals surface area contributed by atoms with Crippen molar-refractivity contribution < 1.29 is 9.53 Å². The molecule has 0 atom stereocenters. The highest BCUT2D eigenvalue weighted by atomic mass is 16.5. The average Bonchev–Trinajstić information content (AvgIpc) is 2.72. The molecule has 6 heteroatoms. The first kappa shape index (κ1) is 16.5. The number of hydrogen-bond donors (Lipinski definition) is 1. The van der Waals surface area contributed by atoms with Gasteiger partial charge in [0.25, 0.3) is 5.91 Å². The maximum absolute atomic E-state index is 12.5. The van der Waals surface area contributed by atoms with Crippen LogP contribution in [0.1, 0.15) is 16.1 Å². The summed E-state index contributed by atoms with van der Waals surface area (Å²) in [4.78, 5) is 23.7. The van der Waals surface area contributed by atoms with E-state index in [4.69, 9.17) is 4.74 Å². The van der Waals surface area contributed by atoms with Gasteiger partial charge in [-0.25, -0.2) is 9.97 Å². The van der Waals surface area contributed by atoms with Crippen LogP contribution in [-0.2, 0) is 11.3 Å². The summed E-state index contributed by atoms with van der Waals surface area (Å²) in [5, 5.41) is 3.98. The standard InChI is InChI=1S/C20H20N4O2/c25-20(18-8-7-15-4-1-2-6-17(15)23-18)22-14-16-5-3-9-21-19(16)24-10-12-26-13-11-24/h1-9H,10-14H2,(H,22,25). The smallest absolute Gasteiger partial charge is 0.270 e. The minimum absolute atomic E-state index is 0.187. The number of pyridine rings is 2. The van der Waals surface area contributed by atoms with Crippen LogP contribution in [0.25, 0.3) is 10.9 Å². The number of para-hydroxylation sites is 1. The first-order valence-corrected chi connectivity index (χ1v) is 8.72. The molecule has 1 aliphatic rings. The Bertz CT molecular complexity index is 922. The summed E-state index contributed by atoms with van der Waals surface area (Å²) in [6, 6.07) is 15.3. The van der Waals surface area contributed by atoms with E-state index in [9.17, 15) is 4.79 Å². The van der Waals surface area contributed by atoms with Gasteiger partial charge in [-0.15, -0.1) is 0 Å². The maximum atomic E-state index is 12.5. The summed E-state index contributed by atoms with van der Waals surface area (Å²) in [5.41, 5.74) is 2.22. The molecule has 1 saturated heterocycles. The Hall–Kier alpha value is -2.99. The van der Waals surface area contributed by atoms with Gasteiger partial charge in [0.2, 0.25) is 0 Å². The summed E-state index contributed by atoms with van der Waals surface area (Å²) < 4.78 is 5.40. The Morgan fingerprint density at radius 2 is 1.92 bits per heavy atom. The predicted molar refractivity (Wildman–Crippen MR) is 100 cm³/mol. The SMILES string of the molecule is O=C(NCc1cccnc1N1CCOCC1)c1ccc2ccccc2n1. The molecule has 0 aliphatic carbocycles. The minimum atomic E-state index is -0.187. The molecular weight excluding hydrogens is 328 g/mol. The van der Waals surface area contributed by atoms with Gasteiger partial charge < -0.3 is 15.0 Å². The van der Waals surface area contributed by atoms with E-state index in [2.05, 4.69) is 20.2 Å². The number of rotatable bonds is 4. The van der Waals surface area contributed by atoms with Crippen LogP contribution in [0.4, 0.5) is 5.82 Å². The van der Waals surface area contributed by atoms with Gasteiger partial charge in [-0.2, -0.15) is 0 Å². The minimum Gasteiger partial charge on any atom is -0.378 e. The van der Waals surface area contributed by atoms with E-state index >= 15 is 0 Å². The number of nitrogens with one attached hydrogen (secondary N) is 1. The van der Waals surface area contributed by atoms with Gasteiger partial charge in [0.1, 0.15) is 11.5 Å². The summed E-state index contributed by atoms with van der Waals surface area (Å²) >= 11 is 0. The second-order valence-electron chi connectivity index (χ2n) is 6.16. The third kappa shape index (κ3) is 3.50. The van der Waals surface area contributed by atoms with E-state index in [1.165, 1.54) is 0 Å². The highest BCUT2D eigenvalue weighted by molar-refractivity contribution is 5.94. The number of morpholine rings is 1. The lowest BCUT2D eigenvalue weighted by Gasteiger charge is -2.29. The second kappa shape index (κ2) is 7.49. The molecule has 1 N–H and O–H groups in total. The van der Waals surface area contributed by atoms with Gasteiger partial charge in [0, 0.05) is 36.8 Å². The Kier molecular flexibility index (Phi) is 4.75. The number of carbonyl (C=O) groups is 1. The second-order valence-corrected chi connectivity index (χ2v) is 6.16. The fraction of sp³-hybridized carbons (Fsp3) is 0.250.